The summed E-state index contributed by atoms with van der Waals surface area (Å²) in [5.41, 5.74) is 0. The van der Waals surface area contributed by atoms with E-state index >= 15 is 0 Å². The molecule has 0 saturated carbocycles. The largest absolute Gasteiger partial charge is 0.740 e. The summed E-state index contributed by atoms with van der Waals surface area (Å²) < 4.78 is 0.743. The van der Waals surface area contributed by atoms with Crippen LogP contribution in [0.2, 0.25) is 0 Å². The Morgan fingerprint density at radius 3 is 2.31 bits per heavy atom. The molecule has 0 aliphatic carbocycles. The van der Waals surface area contributed by atoms with Gasteiger partial charge in [-0.2, -0.15) is 0 Å². The van der Waals surface area contributed by atoms with Crippen molar-refractivity contribution in [2.45, 2.75) is 0 Å². The molecule has 0 saturated heterocycles. The second-order valence-electron chi connectivity index (χ2n) is 3.22. The maximum Gasteiger partial charge on any atom is 0.228 e. The molecule has 0 radical (unpaired) electrons. The summed E-state index contributed by atoms with van der Waals surface area (Å²) in [6.07, 6.45) is 1.27. The highest BCUT2D eigenvalue weighted by Gasteiger charge is 2.09. The Bertz CT molecular complexity index is 298. The quantitative estimate of drug-likeness (QED) is 0.471. The van der Waals surface area contributed by atoms with Gasteiger partial charge in [-0.3, -0.25) is 9.63 Å². The Labute approximate surface area is 77.8 Å². The number of anilines is 2. The normalized spacial score (nSPS) is 9.85. The van der Waals surface area contributed by atoms with Gasteiger partial charge in [-0.05, 0) is 0 Å². The summed E-state index contributed by atoms with van der Waals surface area (Å²) in [6, 6.07) is 1.74. The summed E-state index contributed by atoms with van der Waals surface area (Å²) in [4.78, 5) is 7.58. The van der Waals surface area contributed by atoms with Crippen LogP contribution < -0.4 is 14.5 Å². The number of nitrogens with zero attached hydrogens (tertiary/aromatic N) is 4. The predicted octanol–water partition coefficient (Wildman–Crippen LogP) is -0.153. The van der Waals surface area contributed by atoms with Crippen LogP contribution in [0, 0.1) is 5.21 Å². The Morgan fingerprint density at radius 2 is 1.85 bits per heavy atom. The van der Waals surface area contributed by atoms with E-state index in [2.05, 4.69) is 4.98 Å². The van der Waals surface area contributed by atoms with E-state index in [4.69, 9.17) is 0 Å². The van der Waals surface area contributed by atoms with Gasteiger partial charge in [0, 0.05) is 14.1 Å². The van der Waals surface area contributed by atoms with E-state index in [0.717, 1.165) is 10.5 Å². The van der Waals surface area contributed by atoms with Gasteiger partial charge in [-0.25, -0.2) is 0 Å². The van der Waals surface area contributed by atoms with Crippen LogP contribution in [0.15, 0.2) is 12.4 Å². The van der Waals surface area contributed by atoms with Crippen molar-refractivity contribution in [2.24, 2.45) is 0 Å². The number of hydrogen-bond acceptors (Lipinski definition) is 4. The zero-order valence-corrected chi connectivity index (χ0v) is 8.35. The van der Waals surface area contributed by atoms with E-state index in [1.54, 1.807) is 11.0 Å². The predicted molar refractivity (Wildman–Crippen MR) is 51.9 cm³/mol. The molecule has 0 atom stereocenters. The molecule has 0 bridgehead atoms. The second kappa shape index (κ2) is 3.47. The van der Waals surface area contributed by atoms with Crippen molar-refractivity contribution in [3.05, 3.63) is 17.6 Å². The highest BCUT2D eigenvalue weighted by Crippen LogP contribution is 2.11. The van der Waals surface area contributed by atoms with Crippen molar-refractivity contribution in [1.82, 2.24) is 4.98 Å². The third kappa shape index (κ3) is 1.99. The monoisotopic (exact) mass is 182 g/mol. The van der Waals surface area contributed by atoms with Gasteiger partial charge in [0.1, 0.15) is 0 Å². The van der Waals surface area contributed by atoms with Crippen molar-refractivity contribution in [2.75, 3.05) is 38.0 Å². The van der Waals surface area contributed by atoms with E-state index in [1.165, 1.54) is 6.33 Å². The van der Waals surface area contributed by atoms with E-state index in [0.29, 0.717) is 5.82 Å². The summed E-state index contributed by atoms with van der Waals surface area (Å²) in [5, 5.41) is 11.2. The minimum Gasteiger partial charge on any atom is -0.740 e. The first kappa shape index (κ1) is 9.57. The van der Waals surface area contributed by atoms with E-state index in [9.17, 15) is 5.21 Å². The van der Waals surface area contributed by atoms with E-state index in [1.807, 2.05) is 33.1 Å². The first-order chi connectivity index (χ1) is 6.02. The van der Waals surface area contributed by atoms with Gasteiger partial charge in [-0.1, -0.05) is 4.98 Å². The van der Waals surface area contributed by atoms with Crippen molar-refractivity contribution < 1.29 is 4.73 Å². The third-order valence-corrected chi connectivity index (χ3v) is 1.70. The van der Waals surface area contributed by atoms with Crippen molar-refractivity contribution >= 4 is 11.6 Å². The molecule has 0 N–H and O–H groups in total. The van der Waals surface area contributed by atoms with Gasteiger partial charge in [0.05, 0.1) is 20.2 Å². The molecule has 72 valence electrons. The number of aromatic nitrogens is 2. The van der Waals surface area contributed by atoms with Gasteiger partial charge in [0.2, 0.25) is 18.0 Å². The molecular formula is C8H14N4O. The molecule has 1 aromatic heterocycles. The molecule has 0 unspecified atom stereocenters. The van der Waals surface area contributed by atoms with Crippen LogP contribution in [-0.2, 0) is 0 Å². The molecule has 0 spiro atoms. The Kier molecular flexibility index (Phi) is 2.55. The molecule has 13 heavy (non-hydrogen) atoms. The summed E-state index contributed by atoms with van der Waals surface area (Å²) in [7, 11) is 7.42. The van der Waals surface area contributed by atoms with Gasteiger partial charge < -0.3 is 10.1 Å². The van der Waals surface area contributed by atoms with Gasteiger partial charge in [0.25, 0.3) is 0 Å². The number of rotatable bonds is 2. The van der Waals surface area contributed by atoms with Crippen LogP contribution in [0.3, 0.4) is 0 Å². The second-order valence-corrected chi connectivity index (χ2v) is 3.22. The van der Waals surface area contributed by atoms with Gasteiger partial charge in [-0.15, -0.1) is 0 Å². The first-order valence-corrected chi connectivity index (χ1v) is 3.96. The minimum atomic E-state index is 0.582. The maximum atomic E-state index is 11.2. The summed E-state index contributed by atoms with van der Waals surface area (Å²) >= 11 is 0. The SMILES string of the molecule is CN(C)c1cc(N(C)C)[n+]([O-])cn1. The van der Waals surface area contributed by atoms with Gasteiger partial charge in [0.15, 0.2) is 0 Å². The molecule has 5 nitrogen and oxygen atoms in total. The van der Waals surface area contributed by atoms with Crippen molar-refractivity contribution in [3.63, 3.8) is 0 Å². The molecular weight excluding hydrogens is 168 g/mol. The average Bonchev–Trinajstić information content (AvgIpc) is 2.04. The highest BCUT2D eigenvalue weighted by molar-refractivity contribution is 5.45. The lowest BCUT2D eigenvalue weighted by Gasteiger charge is -2.16. The lowest BCUT2D eigenvalue weighted by molar-refractivity contribution is -0.595. The van der Waals surface area contributed by atoms with Crippen LogP contribution in [0.5, 0.6) is 0 Å². The Morgan fingerprint density at radius 1 is 1.23 bits per heavy atom. The van der Waals surface area contributed by atoms with Crippen molar-refractivity contribution in [1.29, 1.82) is 0 Å². The lowest BCUT2D eigenvalue weighted by Crippen LogP contribution is -2.35. The van der Waals surface area contributed by atoms with E-state index in [-0.39, 0.29) is 0 Å². The van der Waals surface area contributed by atoms with Gasteiger partial charge >= 0.3 is 0 Å². The van der Waals surface area contributed by atoms with Crippen LogP contribution in [0.25, 0.3) is 0 Å². The molecule has 5 heteroatoms. The van der Waals surface area contributed by atoms with Crippen LogP contribution >= 0.6 is 0 Å². The first-order valence-electron chi connectivity index (χ1n) is 3.96. The number of hydrogen-bond donors (Lipinski definition) is 0. The topological polar surface area (TPSA) is 46.3 Å². The maximum absolute atomic E-state index is 11.2. The molecule has 0 fully saturated rings. The van der Waals surface area contributed by atoms with Crippen LogP contribution in [-0.4, -0.2) is 33.2 Å². The zero-order chi connectivity index (χ0) is 10.0. The van der Waals surface area contributed by atoms with Crippen LogP contribution in [0.4, 0.5) is 11.6 Å². The minimum absolute atomic E-state index is 0.582. The molecule has 1 aromatic rings. The fourth-order valence-electron chi connectivity index (χ4n) is 0.958. The van der Waals surface area contributed by atoms with E-state index < -0.39 is 0 Å². The molecule has 0 aromatic carbocycles. The summed E-state index contributed by atoms with van der Waals surface area (Å²) in [6.45, 7) is 0. The standard InChI is InChI=1S/C8H14N4O/c1-10(2)7-5-8(11(3)4)12(13)6-9-7/h5-6H,1-4H3. The third-order valence-electron chi connectivity index (χ3n) is 1.70. The fourth-order valence-corrected chi connectivity index (χ4v) is 0.958. The Hall–Kier alpha value is -1.52. The molecule has 0 amide bonds. The lowest BCUT2D eigenvalue weighted by atomic mass is 10.5. The Balaban J connectivity index is 3.11. The summed E-state index contributed by atoms with van der Waals surface area (Å²) in [5.74, 6) is 1.36. The zero-order valence-electron chi connectivity index (χ0n) is 8.35. The molecule has 0 aliphatic rings. The average molecular weight is 182 g/mol. The smallest absolute Gasteiger partial charge is 0.228 e. The van der Waals surface area contributed by atoms with Crippen LogP contribution in [0.1, 0.15) is 0 Å². The highest BCUT2D eigenvalue weighted by atomic mass is 16.5. The molecule has 1 heterocycles. The fraction of sp³-hybridized carbons (Fsp3) is 0.500. The van der Waals surface area contributed by atoms with Crippen molar-refractivity contribution in [3.8, 4) is 0 Å². The molecule has 0 aliphatic heterocycles. The molecule has 1 rings (SSSR count).